The lowest BCUT2D eigenvalue weighted by atomic mass is 10.2. The standard InChI is InChI=1S/C10H8BrNO/c1-12-6-5-7-3-2-4-8(11)9(7)10(12)13/h2-6H,1H3. The van der Waals surface area contributed by atoms with Crippen molar-refractivity contribution in [1.29, 1.82) is 0 Å². The summed E-state index contributed by atoms with van der Waals surface area (Å²) < 4.78 is 2.43. The second kappa shape index (κ2) is 3.00. The van der Waals surface area contributed by atoms with Crippen LogP contribution in [0.15, 0.2) is 39.7 Å². The Morgan fingerprint density at radius 1 is 1.31 bits per heavy atom. The highest BCUT2D eigenvalue weighted by atomic mass is 79.9. The summed E-state index contributed by atoms with van der Waals surface area (Å²) in [6.07, 6.45) is 1.77. The molecule has 66 valence electrons. The van der Waals surface area contributed by atoms with Crippen LogP contribution >= 0.6 is 15.9 Å². The van der Waals surface area contributed by atoms with Crippen molar-refractivity contribution in [3.8, 4) is 0 Å². The van der Waals surface area contributed by atoms with E-state index in [1.807, 2.05) is 24.3 Å². The fourth-order valence-corrected chi connectivity index (χ4v) is 1.89. The zero-order valence-corrected chi connectivity index (χ0v) is 8.71. The molecule has 0 saturated heterocycles. The van der Waals surface area contributed by atoms with E-state index >= 15 is 0 Å². The van der Waals surface area contributed by atoms with Crippen LogP contribution in [0.2, 0.25) is 0 Å². The maximum absolute atomic E-state index is 11.7. The van der Waals surface area contributed by atoms with Gasteiger partial charge in [0.15, 0.2) is 0 Å². The van der Waals surface area contributed by atoms with Crippen LogP contribution in [0.5, 0.6) is 0 Å². The Balaban J connectivity index is 3.06. The molecule has 0 bridgehead atoms. The van der Waals surface area contributed by atoms with Gasteiger partial charge in [0.25, 0.3) is 5.56 Å². The Morgan fingerprint density at radius 2 is 2.08 bits per heavy atom. The number of aryl methyl sites for hydroxylation is 1. The van der Waals surface area contributed by atoms with Crippen LogP contribution in [-0.2, 0) is 7.05 Å². The molecule has 3 heteroatoms. The molecule has 2 aromatic rings. The van der Waals surface area contributed by atoms with Gasteiger partial charge in [0, 0.05) is 17.7 Å². The van der Waals surface area contributed by atoms with Crippen molar-refractivity contribution >= 4 is 26.7 Å². The number of rotatable bonds is 0. The molecular weight excluding hydrogens is 230 g/mol. The summed E-state index contributed by atoms with van der Waals surface area (Å²) in [5, 5.41) is 1.71. The summed E-state index contributed by atoms with van der Waals surface area (Å²) in [5.41, 5.74) is 0.0324. The van der Waals surface area contributed by atoms with Gasteiger partial charge in [0.05, 0.1) is 5.39 Å². The summed E-state index contributed by atoms with van der Waals surface area (Å²) >= 11 is 3.37. The third kappa shape index (κ3) is 1.29. The highest BCUT2D eigenvalue weighted by Gasteiger charge is 2.02. The van der Waals surface area contributed by atoms with Gasteiger partial charge in [-0.05, 0) is 33.4 Å². The average molecular weight is 238 g/mol. The summed E-state index contributed by atoms with van der Waals surface area (Å²) in [5.74, 6) is 0. The van der Waals surface area contributed by atoms with Crippen LogP contribution in [0.3, 0.4) is 0 Å². The highest BCUT2D eigenvalue weighted by Crippen LogP contribution is 2.19. The van der Waals surface area contributed by atoms with Gasteiger partial charge in [-0.2, -0.15) is 0 Å². The monoisotopic (exact) mass is 237 g/mol. The van der Waals surface area contributed by atoms with Gasteiger partial charge >= 0.3 is 0 Å². The van der Waals surface area contributed by atoms with Gasteiger partial charge in [-0.15, -0.1) is 0 Å². The molecule has 1 heterocycles. The van der Waals surface area contributed by atoms with E-state index in [0.29, 0.717) is 0 Å². The first kappa shape index (κ1) is 8.51. The number of benzene rings is 1. The minimum atomic E-state index is 0.0324. The zero-order chi connectivity index (χ0) is 9.42. The molecule has 0 fully saturated rings. The molecule has 0 spiro atoms. The third-order valence-electron chi connectivity index (χ3n) is 2.06. The summed E-state index contributed by atoms with van der Waals surface area (Å²) in [6.45, 7) is 0. The van der Waals surface area contributed by atoms with Crippen LogP contribution < -0.4 is 5.56 Å². The van der Waals surface area contributed by atoms with Crippen LogP contribution in [0.4, 0.5) is 0 Å². The minimum Gasteiger partial charge on any atom is -0.318 e. The van der Waals surface area contributed by atoms with Gasteiger partial charge in [-0.25, -0.2) is 0 Å². The largest absolute Gasteiger partial charge is 0.318 e. The van der Waals surface area contributed by atoms with Crippen molar-refractivity contribution in [2.45, 2.75) is 0 Å². The molecule has 2 nitrogen and oxygen atoms in total. The Bertz CT molecular complexity index is 516. The fourth-order valence-electron chi connectivity index (χ4n) is 1.34. The SMILES string of the molecule is Cn1ccc2cccc(Br)c2c1=O. The first-order valence-electron chi connectivity index (χ1n) is 3.94. The number of nitrogens with zero attached hydrogens (tertiary/aromatic N) is 1. The van der Waals surface area contributed by atoms with E-state index in [9.17, 15) is 4.79 Å². The number of aromatic nitrogens is 1. The highest BCUT2D eigenvalue weighted by molar-refractivity contribution is 9.10. The van der Waals surface area contributed by atoms with Crippen molar-refractivity contribution in [1.82, 2.24) is 4.57 Å². The van der Waals surface area contributed by atoms with Crippen molar-refractivity contribution in [3.05, 3.63) is 45.3 Å². The van der Waals surface area contributed by atoms with Gasteiger partial charge < -0.3 is 4.57 Å². The zero-order valence-electron chi connectivity index (χ0n) is 7.12. The van der Waals surface area contributed by atoms with Crippen molar-refractivity contribution < 1.29 is 0 Å². The van der Waals surface area contributed by atoms with Crippen molar-refractivity contribution in [2.75, 3.05) is 0 Å². The second-order valence-corrected chi connectivity index (χ2v) is 3.79. The number of fused-ring (bicyclic) bond motifs is 1. The number of hydrogen-bond acceptors (Lipinski definition) is 1. The predicted octanol–water partition coefficient (Wildman–Crippen LogP) is 2.30. The molecule has 0 aliphatic rings. The second-order valence-electron chi connectivity index (χ2n) is 2.94. The lowest BCUT2D eigenvalue weighted by molar-refractivity contribution is 0.873. The lowest BCUT2D eigenvalue weighted by Crippen LogP contribution is -2.15. The molecule has 0 amide bonds. The molecule has 0 atom stereocenters. The van der Waals surface area contributed by atoms with Crippen molar-refractivity contribution in [3.63, 3.8) is 0 Å². The topological polar surface area (TPSA) is 22.0 Å². The van der Waals surface area contributed by atoms with E-state index < -0.39 is 0 Å². The average Bonchev–Trinajstić information content (AvgIpc) is 2.12. The van der Waals surface area contributed by atoms with Gasteiger partial charge in [0.1, 0.15) is 0 Å². The molecule has 0 aliphatic heterocycles. The van der Waals surface area contributed by atoms with Crippen molar-refractivity contribution in [2.24, 2.45) is 7.05 Å². The first-order chi connectivity index (χ1) is 6.20. The van der Waals surface area contributed by atoms with Gasteiger partial charge in [-0.1, -0.05) is 12.1 Å². The number of pyridine rings is 1. The van der Waals surface area contributed by atoms with Crippen LogP contribution in [0.1, 0.15) is 0 Å². The predicted molar refractivity (Wildman–Crippen MR) is 56.9 cm³/mol. The maximum atomic E-state index is 11.7. The molecule has 0 N–H and O–H groups in total. The van der Waals surface area contributed by atoms with Gasteiger partial charge in [0.2, 0.25) is 0 Å². The van der Waals surface area contributed by atoms with Crippen LogP contribution in [0.25, 0.3) is 10.8 Å². The van der Waals surface area contributed by atoms with E-state index in [1.165, 1.54) is 0 Å². The normalized spacial score (nSPS) is 10.6. The Labute approximate surface area is 83.9 Å². The molecule has 0 saturated carbocycles. The first-order valence-corrected chi connectivity index (χ1v) is 4.73. The van der Waals surface area contributed by atoms with Crippen LogP contribution in [0, 0.1) is 0 Å². The smallest absolute Gasteiger partial charge is 0.259 e. The lowest BCUT2D eigenvalue weighted by Gasteiger charge is -2.01. The number of halogens is 1. The summed E-state index contributed by atoms with van der Waals surface area (Å²) in [4.78, 5) is 11.7. The third-order valence-corrected chi connectivity index (χ3v) is 2.72. The summed E-state index contributed by atoms with van der Waals surface area (Å²) in [7, 11) is 1.75. The van der Waals surface area contributed by atoms with E-state index in [2.05, 4.69) is 15.9 Å². The maximum Gasteiger partial charge on any atom is 0.259 e. The van der Waals surface area contributed by atoms with E-state index in [4.69, 9.17) is 0 Å². The molecule has 1 aromatic heterocycles. The van der Waals surface area contributed by atoms with E-state index in [1.54, 1.807) is 17.8 Å². The Morgan fingerprint density at radius 3 is 2.85 bits per heavy atom. The molecule has 0 aliphatic carbocycles. The van der Waals surface area contributed by atoms with Crippen LogP contribution in [-0.4, -0.2) is 4.57 Å². The molecular formula is C10H8BrNO. The molecule has 0 radical (unpaired) electrons. The molecule has 1 aromatic carbocycles. The Kier molecular flexibility index (Phi) is 1.96. The fraction of sp³-hybridized carbons (Fsp3) is 0.100. The Hall–Kier alpha value is -1.09. The van der Waals surface area contributed by atoms with Gasteiger partial charge in [-0.3, -0.25) is 4.79 Å². The van der Waals surface area contributed by atoms with E-state index in [0.717, 1.165) is 15.2 Å². The minimum absolute atomic E-state index is 0.0324. The molecule has 0 unspecified atom stereocenters. The quantitative estimate of drug-likeness (QED) is 0.690. The van der Waals surface area contributed by atoms with E-state index in [-0.39, 0.29) is 5.56 Å². The molecule has 2 rings (SSSR count). The number of hydrogen-bond donors (Lipinski definition) is 0. The summed E-state index contributed by atoms with van der Waals surface area (Å²) in [6, 6.07) is 7.67. The molecule has 13 heavy (non-hydrogen) atoms.